The van der Waals surface area contributed by atoms with Crippen LogP contribution < -0.4 is 5.32 Å². The minimum absolute atomic E-state index is 0.0520. The van der Waals surface area contributed by atoms with Crippen molar-refractivity contribution in [2.75, 3.05) is 0 Å². The van der Waals surface area contributed by atoms with Crippen molar-refractivity contribution in [1.82, 2.24) is 24.9 Å². The van der Waals surface area contributed by atoms with Gasteiger partial charge in [-0.05, 0) is 45.2 Å². The molecule has 21 heavy (non-hydrogen) atoms. The second kappa shape index (κ2) is 7.22. The molecule has 8 heteroatoms. The van der Waals surface area contributed by atoms with E-state index in [4.69, 9.17) is 0 Å². The highest BCUT2D eigenvalue weighted by atomic mass is 79.9. The number of halogens is 2. The van der Waals surface area contributed by atoms with Crippen molar-refractivity contribution in [3.8, 4) is 0 Å². The lowest BCUT2D eigenvalue weighted by Crippen LogP contribution is -2.33. The molecule has 2 heterocycles. The van der Waals surface area contributed by atoms with Crippen LogP contribution in [0.1, 0.15) is 32.0 Å². The summed E-state index contributed by atoms with van der Waals surface area (Å²) in [5, 5.41) is 11.4. The molecule has 2 aromatic rings. The quantitative estimate of drug-likeness (QED) is 0.784. The zero-order valence-electron chi connectivity index (χ0n) is 11.9. The Bertz CT molecular complexity index is 622. The van der Waals surface area contributed by atoms with Gasteiger partial charge in [-0.2, -0.15) is 10.2 Å². The molecular formula is C13H17Br2N5O. The van der Waals surface area contributed by atoms with E-state index < -0.39 is 0 Å². The summed E-state index contributed by atoms with van der Waals surface area (Å²) in [6.45, 7) is 5.18. The summed E-state index contributed by atoms with van der Waals surface area (Å²) < 4.78 is 5.29. The first-order valence-corrected chi connectivity index (χ1v) is 8.32. The van der Waals surface area contributed by atoms with Gasteiger partial charge in [0.15, 0.2) is 0 Å². The number of aryl methyl sites for hydroxylation is 1. The first kappa shape index (κ1) is 16.2. The molecule has 2 aromatic heterocycles. The molecule has 0 aliphatic carbocycles. The van der Waals surface area contributed by atoms with Crippen molar-refractivity contribution in [2.45, 2.75) is 39.4 Å². The molecule has 0 aliphatic heterocycles. The number of carbonyl (C=O) groups is 1. The predicted octanol–water partition coefficient (Wildman–Crippen LogP) is 2.89. The number of amides is 1. The maximum atomic E-state index is 12.4. The number of rotatable bonds is 6. The van der Waals surface area contributed by atoms with Crippen LogP contribution in [0.3, 0.4) is 0 Å². The predicted molar refractivity (Wildman–Crippen MR) is 86.7 cm³/mol. The van der Waals surface area contributed by atoms with E-state index in [-0.39, 0.29) is 11.9 Å². The zero-order chi connectivity index (χ0) is 15.4. The van der Waals surface area contributed by atoms with E-state index >= 15 is 0 Å². The van der Waals surface area contributed by atoms with Crippen molar-refractivity contribution >= 4 is 37.8 Å². The molecule has 1 unspecified atom stereocenters. The van der Waals surface area contributed by atoms with Crippen LogP contribution in [-0.2, 0) is 17.9 Å². The lowest BCUT2D eigenvalue weighted by Gasteiger charge is -2.16. The monoisotopic (exact) mass is 417 g/mol. The highest BCUT2D eigenvalue weighted by Gasteiger charge is 2.20. The zero-order valence-corrected chi connectivity index (χ0v) is 15.1. The maximum Gasteiger partial charge on any atom is 0.245 e. The third-order valence-electron chi connectivity index (χ3n) is 3.21. The number of hydrogen-bond acceptors (Lipinski definition) is 3. The lowest BCUT2D eigenvalue weighted by atomic mass is 10.2. The van der Waals surface area contributed by atoms with Gasteiger partial charge < -0.3 is 5.32 Å². The van der Waals surface area contributed by atoms with Crippen LogP contribution in [0.15, 0.2) is 27.5 Å². The van der Waals surface area contributed by atoms with Gasteiger partial charge in [-0.1, -0.05) is 6.92 Å². The molecule has 0 fully saturated rings. The number of aromatic nitrogens is 4. The second-order valence-corrected chi connectivity index (χ2v) is 6.31. The minimum Gasteiger partial charge on any atom is -0.349 e. The number of carbonyl (C=O) groups excluding carboxylic acids is 1. The van der Waals surface area contributed by atoms with Crippen LogP contribution >= 0.6 is 31.9 Å². The van der Waals surface area contributed by atoms with Crippen LogP contribution in [-0.4, -0.2) is 25.5 Å². The third-order valence-corrected chi connectivity index (χ3v) is 4.28. The fourth-order valence-corrected chi connectivity index (χ4v) is 2.84. The maximum absolute atomic E-state index is 12.4. The van der Waals surface area contributed by atoms with Crippen LogP contribution in [0, 0.1) is 0 Å². The van der Waals surface area contributed by atoms with Gasteiger partial charge in [-0.25, -0.2) is 0 Å². The first-order valence-electron chi connectivity index (χ1n) is 6.74. The van der Waals surface area contributed by atoms with Crippen molar-refractivity contribution in [3.05, 3.63) is 33.2 Å². The molecule has 114 valence electrons. The second-order valence-electron chi connectivity index (χ2n) is 4.54. The largest absolute Gasteiger partial charge is 0.349 e. The normalized spacial score (nSPS) is 12.4. The van der Waals surface area contributed by atoms with Gasteiger partial charge in [0, 0.05) is 12.7 Å². The molecule has 1 N–H and O–H groups in total. The molecule has 6 nitrogen and oxygen atoms in total. The summed E-state index contributed by atoms with van der Waals surface area (Å²) in [5.41, 5.74) is 0.961. The molecule has 0 aromatic carbocycles. The van der Waals surface area contributed by atoms with Crippen LogP contribution in [0.25, 0.3) is 0 Å². The SMILES string of the molecule is CCC(C(=O)NCc1c(Br)cnn1CC)n1cc(Br)cn1. The van der Waals surface area contributed by atoms with E-state index in [9.17, 15) is 4.79 Å². The highest BCUT2D eigenvalue weighted by molar-refractivity contribution is 9.10. The van der Waals surface area contributed by atoms with Crippen molar-refractivity contribution in [1.29, 1.82) is 0 Å². The van der Waals surface area contributed by atoms with E-state index in [1.54, 1.807) is 23.3 Å². The Balaban J connectivity index is 2.05. The topological polar surface area (TPSA) is 64.7 Å². The van der Waals surface area contributed by atoms with Crippen LogP contribution in [0.5, 0.6) is 0 Å². The molecule has 0 aliphatic rings. The molecule has 1 amide bonds. The Hall–Kier alpha value is -1.15. The molecule has 0 radical (unpaired) electrons. The van der Waals surface area contributed by atoms with Crippen molar-refractivity contribution < 1.29 is 4.79 Å². The molecule has 0 saturated carbocycles. The number of nitrogens with one attached hydrogen (secondary N) is 1. The summed E-state index contributed by atoms with van der Waals surface area (Å²) >= 11 is 6.80. The van der Waals surface area contributed by atoms with Gasteiger partial charge in [0.05, 0.1) is 33.6 Å². The summed E-state index contributed by atoms with van der Waals surface area (Å²) in [6, 6.07) is -0.312. The summed E-state index contributed by atoms with van der Waals surface area (Å²) in [6.07, 6.45) is 5.90. The average molecular weight is 419 g/mol. The van der Waals surface area contributed by atoms with Gasteiger partial charge in [-0.15, -0.1) is 0 Å². The number of nitrogens with zero attached hydrogens (tertiary/aromatic N) is 4. The molecule has 1 atom stereocenters. The standard InChI is InChI=1S/C13H17Br2N5O/c1-3-11(20-8-9(14)5-17-20)13(21)16-7-12-10(15)6-18-19(12)4-2/h5-6,8,11H,3-4,7H2,1-2H3,(H,16,21). The third kappa shape index (κ3) is 3.74. The smallest absolute Gasteiger partial charge is 0.245 e. The molecule has 0 saturated heterocycles. The lowest BCUT2D eigenvalue weighted by molar-refractivity contribution is -0.124. The van der Waals surface area contributed by atoms with Gasteiger partial charge in [-0.3, -0.25) is 14.2 Å². The summed E-state index contributed by atoms with van der Waals surface area (Å²) in [4.78, 5) is 12.4. The van der Waals surface area contributed by atoms with E-state index in [0.29, 0.717) is 13.0 Å². The van der Waals surface area contributed by atoms with E-state index in [0.717, 1.165) is 21.2 Å². The fourth-order valence-electron chi connectivity index (χ4n) is 2.10. The molecular weight excluding hydrogens is 402 g/mol. The summed E-state index contributed by atoms with van der Waals surface area (Å²) in [7, 11) is 0. The average Bonchev–Trinajstić information content (AvgIpc) is 3.04. The van der Waals surface area contributed by atoms with Crippen molar-refractivity contribution in [3.63, 3.8) is 0 Å². The van der Waals surface area contributed by atoms with Gasteiger partial charge >= 0.3 is 0 Å². The Morgan fingerprint density at radius 3 is 2.67 bits per heavy atom. The Kier molecular flexibility index (Phi) is 5.58. The summed E-state index contributed by atoms with van der Waals surface area (Å²) in [5.74, 6) is -0.0520. The van der Waals surface area contributed by atoms with Crippen molar-refractivity contribution in [2.24, 2.45) is 0 Å². The minimum atomic E-state index is -0.312. The van der Waals surface area contributed by atoms with Gasteiger partial charge in [0.25, 0.3) is 0 Å². The first-order chi connectivity index (χ1) is 10.1. The Labute approximate surface area is 140 Å². The van der Waals surface area contributed by atoms with E-state index in [2.05, 4.69) is 47.4 Å². The van der Waals surface area contributed by atoms with E-state index in [1.165, 1.54) is 0 Å². The van der Waals surface area contributed by atoms with Crippen LogP contribution in [0.4, 0.5) is 0 Å². The van der Waals surface area contributed by atoms with Gasteiger partial charge in [0.1, 0.15) is 6.04 Å². The Morgan fingerprint density at radius 1 is 1.33 bits per heavy atom. The molecule has 2 rings (SSSR count). The van der Waals surface area contributed by atoms with Crippen LogP contribution in [0.2, 0.25) is 0 Å². The van der Waals surface area contributed by atoms with E-state index in [1.807, 2.05) is 18.5 Å². The number of hydrogen-bond donors (Lipinski definition) is 1. The molecule has 0 bridgehead atoms. The fraction of sp³-hybridized carbons (Fsp3) is 0.462. The molecule has 0 spiro atoms. The highest BCUT2D eigenvalue weighted by Crippen LogP contribution is 2.18. The Morgan fingerprint density at radius 2 is 2.10 bits per heavy atom. The van der Waals surface area contributed by atoms with Gasteiger partial charge in [0.2, 0.25) is 5.91 Å².